The molecule has 0 aromatic heterocycles. The number of likely N-dealkylation sites (tertiary alicyclic amines) is 1. The second-order valence-corrected chi connectivity index (χ2v) is 9.38. The zero-order chi connectivity index (χ0) is 23.5. The number of nitro benzene ring substituents is 1. The number of nitrogens with zero attached hydrogens (tertiary/aromatic N) is 3. The first-order chi connectivity index (χ1) is 15.8. The van der Waals surface area contributed by atoms with Crippen molar-refractivity contribution in [1.82, 2.24) is 4.90 Å². The number of Topliss-reactive ketones (excluding diaryl/α,β-unsaturated/α-hetero) is 1. The molecule has 9 heteroatoms. The molecule has 0 unspecified atom stereocenters. The summed E-state index contributed by atoms with van der Waals surface area (Å²) in [5.41, 5.74) is 1.53. The van der Waals surface area contributed by atoms with Crippen LogP contribution in [0.25, 0.3) is 0 Å². The molecule has 1 amide bonds. The molecule has 2 aromatic carbocycles. The van der Waals surface area contributed by atoms with E-state index in [1.54, 1.807) is 29.2 Å². The van der Waals surface area contributed by atoms with Gasteiger partial charge in [0.25, 0.3) is 11.6 Å². The van der Waals surface area contributed by atoms with Crippen LogP contribution in [0.1, 0.15) is 52.8 Å². The number of piperidine rings is 2. The Bertz CT molecular complexity index is 1080. The molecule has 0 radical (unpaired) electrons. The summed E-state index contributed by atoms with van der Waals surface area (Å²) in [5, 5.41) is 12.1. The molecule has 2 aromatic rings. The molecule has 4 rings (SSSR count). The van der Waals surface area contributed by atoms with Crippen LogP contribution < -0.4 is 4.90 Å². The highest BCUT2D eigenvalue weighted by Crippen LogP contribution is 2.31. The van der Waals surface area contributed by atoms with Crippen LogP contribution in [-0.2, 0) is 0 Å². The Hall–Kier alpha value is -2.64. The third-order valence-electron chi connectivity index (χ3n) is 6.48. The normalized spacial score (nSPS) is 17.2. The van der Waals surface area contributed by atoms with Crippen molar-refractivity contribution in [2.45, 2.75) is 32.1 Å². The van der Waals surface area contributed by atoms with Gasteiger partial charge in [0.2, 0.25) is 0 Å². The minimum atomic E-state index is -0.473. The lowest BCUT2D eigenvalue weighted by atomic mass is 9.88. The molecule has 2 fully saturated rings. The van der Waals surface area contributed by atoms with E-state index in [-0.39, 0.29) is 23.3 Å². The quantitative estimate of drug-likeness (QED) is 0.308. The Morgan fingerprint density at radius 1 is 0.909 bits per heavy atom. The van der Waals surface area contributed by atoms with Crippen LogP contribution in [0.3, 0.4) is 0 Å². The van der Waals surface area contributed by atoms with E-state index in [4.69, 9.17) is 23.2 Å². The van der Waals surface area contributed by atoms with Gasteiger partial charge in [-0.1, -0.05) is 23.2 Å². The fraction of sp³-hybridized carbons (Fsp3) is 0.417. The molecule has 0 aliphatic carbocycles. The zero-order valence-electron chi connectivity index (χ0n) is 18.1. The van der Waals surface area contributed by atoms with Gasteiger partial charge in [-0.15, -0.1) is 0 Å². The first-order valence-corrected chi connectivity index (χ1v) is 11.9. The van der Waals surface area contributed by atoms with Gasteiger partial charge in [-0.3, -0.25) is 19.7 Å². The third kappa shape index (κ3) is 5.14. The summed E-state index contributed by atoms with van der Waals surface area (Å²) in [5.74, 6) is -0.442. The monoisotopic (exact) mass is 489 g/mol. The van der Waals surface area contributed by atoms with E-state index in [0.29, 0.717) is 47.1 Å². The van der Waals surface area contributed by atoms with Crippen LogP contribution in [0.4, 0.5) is 11.4 Å². The van der Waals surface area contributed by atoms with E-state index in [1.165, 1.54) is 12.1 Å². The molecule has 0 atom stereocenters. The van der Waals surface area contributed by atoms with Gasteiger partial charge in [-0.25, -0.2) is 0 Å². The lowest BCUT2D eigenvalue weighted by Gasteiger charge is -2.34. The number of nitro groups is 1. The highest BCUT2D eigenvalue weighted by Gasteiger charge is 2.31. The summed E-state index contributed by atoms with van der Waals surface area (Å²) >= 11 is 12.0. The van der Waals surface area contributed by atoms with Crippen molar-refractivity contribution in [2.75, 3.05) is 31.1 Å². The summed E-state index contributed by atoms with van der Waals surface area (Å²) in [7, 11) is 0. The number of carbonyl (C=O) groups excluding carboxylic acids is 2. The number of halogens is 2. The highest BCUT2D eigenvalue weighted by atomic mass is 35.5. The van der Waals surface area contributed by atoms with E-state index < -0.39 is 4.92 Å². The maximum absolute atomic E-state index is 13.4. The summed E-state index contributed by atoms with van der Waals surface area (Å²) in [6.45, 7) is 2.49. The molecule has 174 valence electrons. The second kappa shape index (κ2) is 10.1. The van der Waals surface area contributed by atoms with E-state index in [1.807, 2.05) is 0 Å². The first-order valence-electron chi connectivity index (χ1n) is 11.2. The molecule has 0 saturated carbocycles. The standard InChI is InChI=1S/C24H25Cl2N3O4/c25-20-6-4-17(14-21(20)26)23(30)16-8-12-28(13-9-16)24(31)19-15-18(29(32)33)5-7-22(19)27-10-2-1-3-11-27/h4-7,14-16H,1-3,8-13H2. The number of hydrogen-bond acceptors (Lipinski definition) is 5. The molecule has 2 saturated heterocycles. The van der Waals surface area contributed by atoms with Crippen LogP contribution >= 0.6 is 23.2 Å². The molecule has 2 aliphatic heterocycles. The minimum absolute atomic E-state index is 0.00924. The van der Waals surface area contributed by atoms with E-state index >= 15 is 0 Å². The lowest BCUT2D eigenvalue weighted by molar-refractivity contribution is -0.384. The van der Waals surface area contributed by atoms with Gasteiger partial charge < -0.3 is 9.80 Å². The predicted molar refractivity (Wildman–Crippen MR) is 129 cm³/mol. The first kappa shape index (κ1) is 23.5. The van der Waals surface area contributed by atoms with Crippen molar-refractivity contribution >= 4 is 46.3 Å². The van der Waals surface area contributed by atoms with Crippen LogP contribution in [0.5, 0.6) is 0 Å². The van der Waals surface area contributed by atoms with Crippen molar-refractivity contribution in [3.63, 3.8) is 0 Å². The number of carbonyl (C=O) groups is 2. The van der Waals surface area contributed by atoms with Crippen LogP contribution in [0, 0.1) is 16.0 Å². The van der Waals surface area contributed by atoms with E-state index in [2.05, 4.69) is 4.90 Å². The molecule has 2 heterocycles. The smallest absolute Gasteiger partial charge is 0.270 e. The average Bonchev–Trinajstić information content (AvgIpc) is 2.85. The molecule has 0 N–H and O–H groups in total. The van der Waals surface area contributed by atoms with Crippen molar-refractivity contribution in [3.8, 4) is 0 Å². The highest BCUT2D eigenvalue weighted by molar-refractivity contribution is 6.42. The molecule has 0 spiro atoms. The Kier molecular flexibility index (Phi) is 7.20. The maximum atomic E-state index is 13.4. The van der Waals surface area contributed by atoms with E-state index in [0.717, 1.165) is 38.0 Å². The van der Waals surface area contributed by atoms with Crippen molar-refractivity contribution in [2.24, 2.45) is 5.92 Å². The van der Waals surface area contributed by atoms with Gasteiger partial charge in [0.1, 0.15) is 0 Å². The predicted octanol–water partition coefficient (Wildman–Crippen LogP) is 5.63. The molecule has 7 nitrogen and oxygen atoms in total. The van der Waals surface area contributed by atoms with Gasteiger partial charge in [-0.2, -0.15) is 0 Å². The molecular formula is C24H25Cl2N3O4. The summed E-state index contributed by atoms with van der Waals surface area (Å²) in [6, 6.07) is 9.40. The fourth-order valence-corrected chi connectivity index (χ4v) is 4.92. The number of anilines is 1. The summed E-state index contributed by atoms with van der Waals surface area (Å²) in [4.78, 5) is 41.0. The van der Waals surface area contributed by atoms with E-state index in [9.17, 15) is 19.7 Å². The Balaban J connectivity index is 1.49. The number of non-ortho nitro benzene ring substituents is 1. The summed E-state index contributed by atoms with van der Waals surface area (Å²) < 4.78 is 0. The van der Waals surface area contributed by atoms with Gasteiger partial charge in [0.15, 0.2) is 5.78 Å². The number of amides is 1. The molecular weight excluding hydrogens is 465 g/mol. The number of rotatable bonds is 5. The third-order valence-corrected chi connectivity index (χ3v) is 7.21. The lowest BCUT2D eigenvalue weighted by Crippen LogP contribution is -2.41. The minimum Gasteiger partial charge on any atom is -0.371 e. The van der Waals surface area contributed by atoms with Crippen molar-refractivity contribution in [1.29, 1.82) is 0 Å². The summed E-state index contributed by atoms with van der Waals surface area (Å²) in [6.07, 6.45) is 4.27. The molecule has 33 heavy (non-hydrogen) atoms. The van der Waals surface area contributed by atoms with Crippen molar-refractivity contribution < 1.29 is 14.5 Å². The molecule has 0 bridgehead atoms. The van der Waals surface area contributed by atoms with Crippen molar-refractivity contribution in [3.05, 3.63) is 67.7 Å². The van der Waals surface area contributed by atoms with Crippen LogP contribution in [0.2, 0.25) is 10.0 Å². The average molecular weight is 490 g/mol. The largest absolute Gasteiger partial charge is 0.371 e. The topological polar surface area (TPSA) is 83.8 Å². The maximum Gasteiger partial charge on any atom is 0.270 e. The van der Waals surface area contributed by atoms with Gasteiger partial charge in [-0.05, 0) is 56.4 Å². The Morgan fingerprint density at radius 3 is 2.24 bits per heavy atom. The van der Waals surface area contributed by atoms with Crippen LogP contribution in [-0.4, -0.2) is 47.7 Å². The zero-order valence-corrected chi connectivity index (χ0v) is 19.6. The Morgan fingerprint density at radius 2 is 1.61 bits per heavy atom. The van der Waals surface area contributed by atoms with Gasteiger partial charge >= 0.3 is 0 Å². The SMILES string of the molecule is O=C(c1ccc(Cl)c(Cl)c1)C1CCN(C(=O)c2cc([N+](=O)[O-])ccc2N2CCCCC2)CC1. The van der Waals surface area contributed by atoms with Gasteiger partial charge in [0, 0.05) is 49.8 Å². The molecule has 2 aliphatic rings. The fourth-order valence-electron chi connectivity index (χ4n) is 4.62. The number of benzene rings is 2. The van der Waals surface area contributed by atoms with Gasteiger partial charge in [0.05, 0.1) is 26.2 Å². The second-order valence-electron chi connectivity index (χ2n) is 8.57. The number of hydrogen-bond donors (Lipinski definition) is 0. The van der Waals surface area contributed by atoms with Crippen LogP contribution in [0.15, 0.2) is 36.4 Å². The Labute approximate surface area is 202 Å². The number of ketones is 1.